The maximum Gasteiger partial charge on any atom is 0.213 e. The van der Waals surface area contributed by atoms with Crippen LogP contribution >= 0.6 is 24.0 Å². The first-order chi connectivity index (χ1) is 11.6. The Morgan fingerprint density at radius 3 is 2.72 bits per heavy atom. The second-order valence-corrected chi connectivity index (χ2v) is 7.47. The Balaban J connectivity index is 0.00000576. The van der Waals surface area contributed by atoms with E-state index in [1.54, 1.807) is 0 Å². The molecular weight excluding hydrogens is 459 g/mol. The summed E-state index contributed by atoms with van der Waals surface area (Å²) >= 11 is 0. The van der Waals surface area contributed by atoms with Crippen molar-refractivity contribution in [3.05, 3.63) is 0 Å². The maximum absolute atomic E-state index is 12.0. The van der Waals surface area contributed by atoms with Gasteiger partial charge in [0.2, 0.25) is 10.0 Å². The monoisotopic (exact) mass is 492 g/mol. The number of aliphatic imine (C=N–C) groups is 1. The Labute approximate surface area is 169 Å². The molecule has 0 bridgehead atoms. The molecule has 1 unspecified atom stereocenters. The summed E-state index contributed by atoms with van der Waals surface area (Å²) in [7, 11) is -3.32. The molecule has 150 valence electrons. The van der Waals surface area contributed by atoms with Gasteiger partial charge in [-0.1, -0.05) is 0 Å². The molecule has 0 spiro atoms. The van der Waals surface area contributed by atoms with E-state index in [9.17, 15) is 8.42 Å². The number of hydrogen-bond donors (Lipinski definition) is 3. The molecule has 25 heavy (non-hydrogen) atoms. The van der Waals surface area contributed by atoms with Gasteiger partial charge in [-0.3, -0.25) is 4.99 Å². The standard InChI is InChI=1S/C15H32N4O4S.HI/c1-3-16-15(17-8-11-22-4-2)18-9-12-24(20,21)19-13-14-7-5-6-10-23-14;/h14,19H,3-13H2,1-2H3,(H2,16,17,18);1H. The normalized spacial score (nSPS) is 18.5. The van der Waals surface area contributed by atoms with Gasteiger partial charge in [0, 0.05) is 32.8 Å². The molecule has 1 aliphatic heterocycles. The largest absolute Gasteiger partial charge is 0.380 e. The van der Waals surface area contributed by atoms with Gasteiger partial charge >= 0.3 is 0 Å². The van der Waals surface area contributed by atoms with Crippen molar-refractivity contribution < 1.29 is 17.9 Å². The molecule has 0 amide bonds. The van der Waals surface area contributed by atoms with E-state index in [1.807, 2.05) is 13.8 Å². The van der Waals surface area contributed by atoms with E-state index in [0.717, 1.165) is 25.9 Å². The van der Waals surface area contributed by atoms with E-state index in [-0.39, 0.29) is 35.8 Å². The summed E-state index contributed by atoms with van der Waals surface area (Å²) < 4.78 is 37.4. The van der Waals surface area contributed by atoms with E-state index < -0.39 is 10.0 Å². The van der Waals surface area contributed by atoms with Crippen LogP contribution in [0.3, 0.4) is 0 Å². The van der Waals surface area contributed by atoms with Crippen molar-refractivity contribution in [2.45, 2.75) is 39.2 Å². The minimum atomic E-state index is -3.32. The minimum Gasteiger partial charge on any atom is -0.380 e. The first-order valence-electron chi connectivity index (χ1n) is 8.76. The van der Waals surface area contributed by atoms with Gasteiger partial charge in [0.15, 0.2) is 5.96 Å². The van der Waals surface area contributed by atoms with Gasteiger partial charge in [-0.15, -0.1) is 24.0 Å². The summed E-state index contributed by atoms with van der Waals surface area (Å²) in [5.41, 5.74) is 0. The smallest absolute Gasteiger partial charge is 0.213 e. The molecule has 0 aromatic heterocycles. The number of nitrogens with zero attached hydrogens (tertiary/aromatic N) is 1. The first kappa shape index (κ1) is 24.8. The van der Waals surface area contributed by atoms with Crippen LogP contribution in [0.4, 0.5) is 0 Å². The molecule has 1 rings (SSSR count). The molecule has 0 aliphatic carbocycles. The summed E-state index contributed by atoms with van der Waals surface area (Å²) in [5.74, 6) is 0.596. The molecule has 0 aromatic rings. The fourth-order valence-corrected chi connectivity index (χ4v) is 3.23. The van der Waals surface area contributed by atoms with Crippen LogP contribution in [0.1, 0.15) is 33.1 Å². The van der Waals surface area contributed by atoms with Gasteiger partial charge in [-0.2, -0.15) is 0 Å². The fourth-order valence-electron chi connectivity index (χ4n) is 2.27. The third-order valence-corrected chi connectivity index (χ3v) is 4.87. The van der Waals surface area contributed by atoms with Gasteiger partial charge in [0.05, 0.1) is 25.0 Å². The number of ether oxygens (including phenoxy) is 2. The van der Waals surface area contributed by atoms with Gasteiger partial charge in [0.1, 0.15) is 0 Å². The van der Waals surface area contributed by atoms with E-state index in [0.29, 0.717) is 45.4 Å². The van der Waals surface area contributed by atoms with Crippen LogP contribution in [0, 0.1) is 0 Å². The van der Waals surface area contributed by atoms with Crippen LogP contribution in [0.2, 0.25) is 0 Å². The van der Waals surface area contributed by atoms with E-state index >= 15 is 0 Å². The molecule has 0 saturated carbocycles. The van der Waals surface area contributed by atoms with Crippen LogP contribution in [0.5, 0.6) is 0 Å². The molecule has 8 nitrogen and oxygen atoms in total. The Morgan fingerprint density at radius 1 is 1.28 bits per heavy atom. The second kappa shape index (κ2) is 14.9. The topological polar surface area (TPSA) is 101 Å². The van der Waals surface area contributed by atoms with Crippen molar-refractivity contribution in [2.24, 2.45) is 4.99 Å². The van der Waals surface area contributed by atoms with Crippen molar-refractivity contribution in [1.82, 2.24) is 15.4 Å². The molecular formula is C15H33IN4O4S. The minimum absolute atomic E-state index is 0. The lowest BCUT2D eigenvalue weighted by Gasteiger charge is -2.22. The molecule has 1 aliphatic rings. The number of guanidine groups is 1. The Morgan fingerprint density at radius 2 is 2.08 bits per heavy atom. The number of hydrogen-bond acceptors (Lipinski definition) is 5. The Hall–Kier alpha value is -0.170. The van der Waals surface area contributed by atoms with E-state index in [4.69, 9.17) is 9.47 Å². The average Bonchev–Trinajstić information content (AvgIpc) is 2.58. The van der Waals surface area contributed by atoms with E-state index in [2.05, 4.69) is 20.3 Å². The van der Waals surface area contributed by atoms with Crippen molar-refractivity contribution in [3.63, 3.8) is 0 Å². The lowest BCUT2D eigenvalue weighted by molar-refractivity contribution is 0.0200. The predicted octanol–water partition coefficient (Wildman–Crippen LogP) is 0.685. The second-order valence-electron chi connectivity index (χ2n) is 5.54. The van der Waals surface area contributed by atoms with Crippen LogP contribution < -0.4 is 15.4 Å². The molecule has 1 atom stereocenters. The summed E-state index contributed by atoms with van der Waals surface area (Å²) in [6, 6.07) is 0. The van der Waals surface area contributed by atoms with E-state index in [1.165, 1.54) is 0 Å². The molecule has 0 radical (unpaired) electrons. The zero-order valence-corrected chi connectivity index (χ0v) is 18.4. The Bertz CT molecular complexity index is 456. The third kappa shape index (κ3) is 12.8. The summed E-state index contributed by atoms with van der Waals surface area (Å²) in [5, 5.41) is 6.10. The molecule has 10 heteroatoms. The first-order valence-corrected chi connectivity index (χ1v) is 10.4. The zero-order valence-electron chi connectivity index (χ0n) is 15.3. The highest BCUT2D eigenvalue weighted by Crippen LogP contribution is 2.11. The van der Waals surface area contributed by atoms with Crippen molar-refractivity contribution in [1.29, 1.82) is 0 Å². The van der Waals surface area contributed by atoms with Crippen LogP contribution in [0.25, 0.3) is 0 Å². The zero-order chi connectivity index (χ0) is 17.7. The molecule has 1 fully saturated rings. The molecule has 1 saturated heterocycles. The Kier molecular flexibility index (Phi) is 14.8. The van der Waals surface area contributed by atoms with Gasteiger partial charge in [-0.25, -0.2) is 13.1 Å². The fraction of sp³-hybridized carbons (Fsp3) is 0.933. The van der Waals surface area contributed by atoms with Crippen molar-refractivity contribution in [2.75, 3.05) is 51.8 Å². The summed E-state index contributed by atoms with van der Waals surface area (Å²) in [4.78, 5) is 4.32. The average molecular weight is 492 g/mol. The van der Waals surface area contributed by atoms with Gasteiger partial charge in [-0.05, 0) is 33.1 Å². The predicted molar refractivity (Wildman–Crippen MR) is 111 cm³/mol. The van der Waals surface area contributed by atoms with Crippen LogP contribution in [0.15, 0.2) is 4.99 Å². The highest BCUT2D eigenvalue weighted by Gasteiger charge is 2.17. The molecule has 3 N–H and O–H groups in total. The third-order valence-electron chi connectivity index (χ3n) is 3.52. The van der Waals surface area contributed by atoms with Crippen LogP contribution in [-0.2, 0) is 19.5 Å². The van der Waals surface area contributed by atoms with Crippen LogP contribution in [-0.4, -0.2) is 72.2 Å². The quantitative estimate of drug-likeness (QED) is 0.170. The highest BCUT2D eigenvalue weighted by atomic mass is 127. The lowest BCUT2D eigenvalue weighted by Crippen LogP contribution is -2.42. The molecule has 0 aromatic carbocycles. The number of sulfonamides is 1. The van der Waals surface area contributed by atoms with Crippen molar-refractivity contribution >= 4 is 40.0 Å². The number of nitrogens with one attached hydrogen (secondary N) is 3. The van der Waals surface area contributed by atoms with Gasteiger partial charge in [0.25, 0.3) is 0 Å². The maximum atomic E-state index is 12.0. The van der Waals surface area contributed by atoms with Gasteiger partial charge < -0.3 is 20.1 Å². The number of rotatable bonds is 11. The summed E-state index contributed by atoms with van der Waals surface area (Å²) in [6.07, 6.45) is 3.07. The summed E-state index contributed by atoms with van der Waals surface area (Å²) in [6.45, 7) is 7.72. The van der Waals surface area contributed by atoms with Crippen molar-refractivity contribution in [3.8, 4) is 0 Å². The SMILES string of the molecule is CCNC(=NCCOCC)NCCS(=O)(=O)NCC1CCCCO1.I. The highest BCUT2D eigenvalue weighted by molar-refractivity contribution is 14.0. The lowest BCUT2D eigenvalue weighted by atomic mass is 10.1. The number of halogens is 1. The molecule has 1 heterocycles.